The molecule has 0 heterocycles. The second-order valence-corrected chi connectivity index (χ2v) is 3.60. The first-order valence-electron chi connectivity index (χ1n) is 4.96. The van der Waals surface area contributed by atoms with Gasteiger partial charge in [-0.15, -0.1) is 11.6 Å². The zero-order valence-electron chi connectivity index (χ0n) is 8.42. The number of alkyl halides is 1. The van der Waals surface area contributed by atoms with E-state index in [1.165, 1.54) is 0 Å². The minimum Gasteiger partial charge on any atom is -0.294 e. The summed E-state index contributed by atoms with van der Waals surface area (Å²) in [4.78, 5) is 11.7. The number of hydrogen-bond acceptors (Lipinski definition) is 1. The third-order valence-electron chi connectivity index (χ3n) is 2.24. The topological polar surface area (TPSA) is 17.1 Å². The van der Waals surface area contributed by atoms with E-state index in [9.17, 15) is 4.79 Å². The van der Waals surface area contributed by atoms with Gasteiger partial charge in [-0.3, -0.25) is 4.79 Å². The maximum atomic E-state index is 11.7. The summed E-state index contributed by atoms with van der Waals surface area (Å²) in [6.45, 7) is 2.06. The van der Waals surface area contributed by atoms with Gasteiger partial charge in [-0.25, -0.2) is 0 Å². The molecule has 1 rings (SSSR count). The van der Waals surface area contributed by atoms with E-state index >= 15 is 0 Å². The van der Waals surface area contributed by atoms with Gasteiger partial charge in [0.2, 0.25) is 0 Å². The fourth-order valence-electron chi connectivity index (χ4n) is 1.46. The maximum absolute atomic E-state index is 11.7. The van der Waals surface area contributed by atoms with Gasteiger partial charge in [-0.2, -0.15) is 0 Å². The Hall–Kier alpha value is -0.820. The fourth-order valence-corrected chi connectivity index (χ4v) is 1.60. The average molecular weight is 211 g/mol. The molecule has 0 unspecified atom stereocenters. The third kappa shape index (κ3) is 2.85. The van der Waals surface area contributed by atoms with Crippen LogP contribution in [-0.2, 0) is 6.42 Å². The highest BCUT2D eigenvalue weighted by Crippen LogP contribution is 2.12. The van der Waals surface area contributed by atoms with Gasteiger partial charge in [0.25, 0.3) is 0 Å². The first kappa shape index (κ1) is 11.3. The molecular formula is C12H15ClO. The molecule has 1 nitrogen and oxygen atoms in total. The molecule has 0 saturated heterocycles. The highest BCUT2D eigenvalue weighted by Gasteiger charge is 2.08. The van der Waals surface area contributed by atoms with E-state index in [-0.39, 0.29) is 5.78 Å². The van der Waals surface area contributed by atoms with E-state index in [2.05, 4.69) is 6.92 Å². The van der Waals surface area contributed by atoms with Crippen molar-refractivity contribution in [2.24, 2.45) is 0 Å². The Balaban J connectivity index is 2.78. The van der Waals surface area contributed by atoms with Crippen molar-refractivity contribution in [2.45, 2.75) is 26.2 Å². The number of carbonyl (C=O) groups excluding carboxylic acids is 1. The standard InChI is InChI=1S/C12H15ClO/c1-2-10-6-3-4-7-11(10)12(14)8-5-9-13/h3-4,6-7H,2,5,8-9H2,1H3. The molecule has 0 amide bonds. The molecular weight excluding hydrogens is 196 g/mol. The lowest BCUT2D eigenvalue weighted by Crippen LogP contribution is -2.03. The highest BCUT2D eigenvalue weighted by atomic mass is 35.5. The van der Waals surface area contributed by atoms with Crippen LogP contribution in [0.4, 0.5) is 0 Å². The van der Waals surface area contributed by atoms with Crippen molar-refractivity contribution in [1.29, 1.82) is 0 Å². The lowest BCUT2D eigenvalue weighted by atomic mass is 9.99. The quantitative estimate of drug-likeness (QED) is 0.538. The second kappa shape index (κ2) is 5.82. The fraction of sp³-hybridized carbons (Fsp3) is 0.417. The molecule has 0 saturated carbocycles. The van der Waals surface area contributed by atoms with Crippen LogP contribution in [0.15, 0.2) is 24.3 Å². The van der Waals surface area contributed by atoms with E-state index in [4.69, 9.17) is 11.6 Å². The zero-order chi connectivity index (χ0) is 10.4. The molecule has 2 heteroatoms. The predicted molar refractivity (Wildman–Crippen MR) is 60.1 cm³/mol. The summed E-state index contributed by atoms with van der Waals surface area (Å²) in [5, 5.41) is 0. The summed E-state index contributed by atoms with van der Waals surface area (Å²) in [5.41, 5.74) is 1.99. The summed E-state index contributed by atoms with van der Waals surface area (Å²) in [5.74, 6) is 0.767. The van der Waals surface area contributed by atoms with E-state index in [1.807, 2.05) is 24.3 Å². The van der Waals surface area contributed by atoms with Crippen LogP contribution in [0.5, 0.6) is 0 Å². The number of aryl methyl sites for hydroxylation is 1. The first-order valence-corrected chi connectivity index (χ1v) is 5.50. The summed E-state index contributed by atoms with van der Waals surface area (Å²) < 4.78 is 0. The Kier molecular flexibility index (Phi) is 4.68. The van der Waals surface area contributed by atoms with Crippen LogP contribution < -0.4 is 0 Å². The summed E-state index contributed by atoms with van der Waals surface area (Å²) >= 11 is 5.55. The molecule has 0 aliphatic rings. The van der Waals surface area contributed by atoms with Crippen LogP contribution in [0.3, 0.4) is 0 Å². The molecule has 0 bridgehead atoms. The number of carbonyl (C=O) groups is 1. The van der Waals surface area contributed by atoms with E-state index in [0.717, 1.165) is 24.0 Å². The van der Waals surface area contributed by atoms with Crippen molar-refractivity contribution < 1.29 is 4.79 Å². The Bertz CT molecular complexity index is 307. The van der Waals surface area contributed by atoms with Crippen molar-refractivity contribution in [3.63, 3.8) is 0 Å². The van der Waals surface area contributed by atoms with Gasteiger partial charge >= 0.3 is 0 Å². The number of ketones is 1. The van der Waals surface area contributed by atoms with Crippen molar-refractivity contribution in [3.05, 3.63) is 35.4 Å². The second-order valence-electron chi connectivity index (χ2n) is 3.23. The van der Waals surface area contributed by atoms with Crippen LogP contribution in [-0.4, -0.2) is 11.7 Å². The summed E-state index contributed by atoms with van der Waals surface area (Å²) in [7, 11) is 0. The van der Waals surface area contributed by atoms with Gasteiger partial charge in [0, 0.05) is 17.9 Å². The number of halogens is 1. The molecule has 0 aliphatic carbocycles. The number of Topliss-reactive ketones (excluding diaryl/α,β-unsaturated/α-hetero) is 1. The third-order valence-corrected chi connectivity index (χ3v) is 2.50. The van der Waals surface area contributed by atoms with Gasteiger partial charge in [0.15, 0.2) is 5.78 Å². The predicted octanol–water partition coefficient (Wildman–Crippen LogP) is 3.45. The molecule has 14 heavy (non-hydrogen) atoms. The minimum atomic E-state index is 0.211. The van der Waals surface area contributed by atoms with E-state index in [1.54, 1.807) is 0 Å². The zero-order valence-corrected chi connectivity index (χ0v) is 9.18. The minimum absolute atomic E-state index is 0.211. The van der Waals surface area contributed by atoms with Crippen molar-refractivity contribution in [3.8, 4) is 0 Å². The van der Waals surface area contributed by atoms with Crippen LogP contribution in [0.1, 0.15) is 35.7 Å². The van der Waals surface area contributed by atoms with Crippen molar-refractivity contribution in [1.82, 2.24) is 0 Å². The molecule has 0 atom stereocenters. The number of hydrogen-bond donors (Lipinski definition) is 0. The van der Waals surface area contributed by atoms with Crippen LogP contribution in [0.25, 0.3) is 0 Å². The average Bonchev–Trinajstić information content (AvgIpc) is 2.25. The van der Waals surface area contributed by atoms with Gasteiger partial charge in [-0.05, 0) is 18.4 Å². The Labute approximate surface area is 90.1 Å². The molecule has 1 aromatic carbocycles. The Morgan fingerprint density at radius 1 is 1.36 bits per heavy atom. The van der Waals surface area contributed by atoms with Gasteiger partial charge in [-0.1, -0.05) is 31.2 Å². The van der Waals surface area contributed by atoms with Gasteiger partial charge < -0.3 is 0 Å². The molecule has 0 fully saturated rings. The number of benzene rings is 1. The van der Waals surface area contributed by atoms with Crippen LogP contribution >= 0.6 is 11.6 Å². The number of rotatable bonds is 5. The molecule has 0 radical (unpaired) electrons. The van der Waals surface area contributed by atoms with E-state index < -0.39 is 0 Å². The van der Waals surface area contributed by atoms with Gasteiger partial charge in [0.1, 0.15) is 0 Å². The summed E-state index contributed by atoms with van der Waals surface area (Å²) in [6.07, 6.45) is 2.22. The van der Waals surface area contributed by atoms with Gasteiger partial charge in [0.05, 0.1) is 0 Å². The van der Waals surface area contributed by atoms with Crippen molar-refractivity contribution in [2.75, 3.05) is 5.88 Å². The SMILES string of the molecule is CCc1ccccc1C(=O)CCCCl. The molecule has 76 valence electrons. The lowest BCUT2D eigenvalue weighted by Gasteiger charge is -2.05. The Morgan fingerprint density at radius 2 is 2.07 bits per heavy atom. The van der Waals surface area contributed by atoms with Crippen molar-refractivity contribution >= 4 is 17.4 Å². The largest absolute Gasteiger partial charge is 0.294 e. The summed E-state index contributed by atoms with van der Waals surface area (Å²) in [6, 6.07) is 7.79. The van der Waals surface area contributed by atoms with Crippen LogP contribution in [0, 0.1) is 0 Å². The Morgan fingerprint density at radius 3 is 2.71 bits per heavy atom. The smallest absolute Gasteiger partial charge is 0.163 e. The monoisotopic (exact) mass is 210 g/mol. The van der Waals surface area contributed by atoms with E-state index in [0.29, 0.717) is 12.3 Å². The maximum Gasteiger partial charge on any atom is 0.163 e. The molecule has 1 aromatic rings. The first-order chi connectivity index (χ1) is 6.79. The normalized spacial score (nSPS) is 10.1. The molecule has 0 N–H and O–H groups in total. The van der Waals surface area contributed by atoms with Crippen LogP contribution in [0.2, 0.25) is 0 Å². The highest BCUT2D eigenvalue weighted by molar-refractivity contribution is 6.18. The molecule has 0 aliphatic heterocycles. The molecule has 0 aromatic heterocycles. The molecule has 0 spiro atoms. The lowest BCUT2D eigenvalue weighted by molar-refractivity contribution is 0.0981.